The Hall–Kier alpha value is 1.26. The summed E-state index contributed by atoms with van der Waals surface area (Å²) in [5.74, 6) is 8.04. The van der Waals surface area contributed by atoms with E-state index in [1.807, 2.05) is 0 Å². The SMILES string of the molecule is C=C[Si](C=C)([C]1[CH][C](C)[CH][C]1C)[C]1[CH][C](C)[CH][C]1C.[CH]1[CH][C]2C=CC=C[C]2[CH]1.[Cl][Zr+2][Cl].[Rh]. The molecule has 0 bridgehead atoms. The van der Waals surface area contributed by atoms with Gasteiger partial charge in [0.25, 0.3) is 0 Å². The van der Waals surface area contributed by atoms with E-state index in [2.05, 4.69) is 122 Å². The molecule has 32 heavy (non-hydrogen) atoms. The zero-order chi connectivity index (χ0) is 23.0. The first-order valence-corrected chi connectivity index (χ1v) is 18.6. The van der Waals surface area contributed by atoms with Gasteiger partial charge in [-0.1, -0.05) is 63.4 Å². The molecule has 166 valence electrons. The Kier molecular flexibility index (Phi) is 15.1. The maximum absolute atomic E-state index is 4.93. The number of halogens is 2. The van der Waals surface area contributed by atoms with Crippen LogP contribution in [0.4, 0.5) is 0 Å². The fraction of sp³-hybridized carbons (Fsp3) is 0.148. The van der Waals surface area contributed by atoms with E-state index < -0.39 is 28.9 Å². The number of hydrogen-bond acceptors (Lipinski definition) is 0. The van der Waals surface area contributed by atoms with E-state index in [0.717, 1.165) is 0 Å². The van der Waals surface area contributed by atoms with Crippen LogP contribution in [0.5, 0.6) is 0 Å². The van der Waals surface area contributed by atoms with Crippen LogP contribution in [0.3, 0.4) is 0 Å². The summed E-state index contributed by atoms with van der Waals surface area (Å²) >= 11 is -0.826. The van der Waals surface area contributed by atoms with Gasteiger partial charge in [-0.3, -0.25) is 0 Å². The minimum atomic E-state index is -2.02. The summed E-state index contributed by atoms with van der Waals surface area (Å²) in [5, 5.41) is 0. The first-order valence-electron chi connectivity index (χ1n) is 10.2. The Labute approximate surface area is 231 Å². The molecule has 0 atom stereocenters. The molecule has 16 radical (unpaired) electrons. The summed E-state index contributed by atoms with van der Waals surface area (Å²) in [5.41, 5.74) is 7.18. The van der Waals surface area contributed by atoms with E-state index in [1.165, 1.54) is 46.6 Å². The Morgan fingerprint density at radius 2 is 1.12 bits per heavy atom. The van der Waals surface area contributed by atoms with Crippen molar-refractivity contribution in [1.29, 1.82) is 0 Å². The zero-order valence-electron chi connectivity index (χ0n) is 19.0. The molecule has 0 aromatic rings. The second-order valence-corrected chi connectivity index (χ2v) is 15.1. The van der Waals surface area contributed by atoms with Gasteiger partial charge in [-0.15, -0.1) is 13.2 Å². The van der Waals surface area contributed by atoms with Crippen LogP contribution in [0.15, 0.2) is 48.9 Å². The second kappa shape index (κ2) is 15.4. The van der Waals surface area contributed by atoms with E-state index in [4.69, 9.17) is 17.0 Å². The van der Waals surface area contributed by atoms with Gasteiger partial charge in [0, 0.05) is 31.3 Å². The van der Waals surface area contributed by atoms with Crippen LogP contribution < -0.4 is 0 Å². The van der Waals surface area contributed by atoms with Crippen molar-refractivity contribution in [3.05, 3.63) is 140 Å². The molecule has 0 aromatic heterocycles. The van der Waals surface area contributed by atoms with E-state index >= 15 is 0 Å². The molecule has 3 saturated carbocycles. The predicted molar refractivity (Wildman–Crippen MR) is 135 cm³/mol. The van der Waals surface area contributed by atoms with Crippen LogP contribution in [0.2, 0.25) is 0 Å². The van der Waals surface area contributed by atoms with E-state index in [-0.39, 0.29) is 19.5 Å². The average molecular weight is 647 g/mol. The Bertz CT molecular complexity index is 585. The minimum Gasteiger partial charge on any atom is 0 e. The quantitative estimate of drug-likeness (QED) is 0.276. The molecule has 0 heterocycles. The maximum atomic E-state index is 4.93. The molecule has 5 heteroatoms. The summed E-state index contributed by atoms with van der Waals surface area (Å²) in [6.45, 7) is 17.0. The molecule has 0 aromatic carbocycles. The van der Waals surface area contributed by atoms with Gasteiger partial charge < -0.3 is 0 Å². The third-order valence-electron chi connectivity index (χ3n) is 5.56. The average Bonchev–Trinajstić information content (AvgIpc) is 3.44. The molecule has 0 amide bonds. The predicted octanol–water partition coefficient (Wildman–Crippen LogP) is 7.60. The van der Waals surface area contributed by atoms with Gasteiger partial charge in [0.1, 0.15) is 8.07 Å². The number of hydrogen-bond donors (Lipinski definition) is 0. The van der Waals surface area contributed by atoms with Crippen molar-refractivity contribution in [2.75, 3.05) is 0 Å². The Balaban J connectivity index is 0.000000327. The summed E-state index contributed by atoms with van der Waals surface area (Å²) in [7, 11) is 7.85. The van der Waals surface area contributed by atoms with Crippen LogP contribution in [-0.2, 0) is 40.3 Å². The third kappa shape index (κ3) is 7.88. The number of allylic oxidation sites excluding steroid dienone is 4. The molecule has 3 fully saturated rings. The zero-order valence-corrected chi connectivity index (χ0v) is 25.6. The molecule has 0 spiro atoms. The fourth-order valence-corrected chi connectivity index (χ4v) is 7.95. The monoisotopic (exact) mass is 644 g/mol. The van der Waals surface area contributed by atoms with Gasteiger partial charge >= 0.3 is 37.9 Å². The van der Waals surface area contributed by atoms with Gasteiger partial charge in [0.05, 0.1) is 0 Å². The van der Waals surface area contributed by atoms with E-state index in [9.17, 15) is 0 Å². The van der Waals surface area contributed by atoms with Gasteiger partial charge in [-0.25, -0.2) is 0 Å². The fourth-order valence-electron chi connectivity index (χ4n) is 4.23. The molecule has 4 aliphatic carbocycles. The summed E-state index contributed by atoms with van der Waals surface area (Å²) in [6.07, 6.45) is 23.8. The van der Waals surface area contributed by atoms with Crippen molar-refractivity contribution in [1.82, 2.24) is 0 Å². The number of fused-ring (bicyclic) bond motifs is 1. The Morgan fingerprint density at radius 3 is 1.41 bits per heavy atom. The van der Waals surface area contributed by atoms with Crippen LogP contribution in [-0.4, -0.2) is 8.07 Å². The van der Waals surface area contributed by atoms with Crippen LogP contribution >= 0.6 is 17.0 Å². The smallest absolute Gasteiger partial charge is 0 e. The van der Waals surface area contributed by atoms with Crippen LogP contribution in [0, 0.1) is 91.5 Å². The topological polar surface area (TPSA) is 0 Å². The van der Waals surface area contributed by atoms with Crippen molar-refractivity contribution < 1.29 is 40.3 Å². The number of rotatable bonds is 4. The van der Waals surface area contributed by atoms with Gasteiger partial charge in [-0.05, 0) is 79.7 Å². The molecular formula is C27H29Cl2RhSiZr+2. The maximum Gasteiger partial charge on any atom is 0 e. The van der Waals surface area contributed by atoms with Crippen LogP contribution in [0.1, 0.15) is 27.7 Å². The first-order chi connectivity index (χ1) is 14.8. The minimum absolute atomic E-state index is 0. The molecule has 0 nitrogen and oxygen atoms in total. The Morgan fingerprint density at radius 1 is 0.750 bits per heavy atom. The van der Waals surface area contributed by atoms with Crippen molar-refractivity contribution in [2.45, 2.75) is 27.7 Å². The normalized spacial score (nSPS) is 23.6. The summed E-state index contributed by atoms with van der Waals surface area (Å²) in [4.78, 5) is 0. The van der Waals surface area contributed by atoms with Crippen molar-refractivity contribution in [3.8, 4) is 0 Å². The first kappa shape index (κ1) is 31.3. The van der Waals surface area contributed by atoms with Crippen LogP contribution in [0.25, 0.3) is 0 Å². The van der Waals surface area contributed by atoms with E-state index in [0.29, 0.717) is 0 Å². The molecule has 0 saturated heterocycles. The van der Waals surface area contributed by atoms with Crippen molar-refractivity contribution in [2.24, 2.45) is 0 Å². The summed E-state index contributed by atoms with van der Waals surface area (Å²) in [6, 6.07) is 0. The van der Waals surface area contributed by atoms with Crippen molar-refractivity contribution in [3.63, 3.8) is 0 Å². The molecule has 4 rings (SSSR count). The van der Waals surface area contributed by atoms with Gasteiger partial charge in [0.15, 0.2) is 0 Å². The van der Waals surface area contributed by atoms with E-state index in [1.54, 1.807) is 0 Å². The van der Waals surface area contributed by atoms with Gasteiger partial charge in [-0.2, -0.15) is 0 Å². The standard InChI is InChI=1S/C18H22Si.C9H7.2ClH.Rh.Zr/c1-7-19(8-2,17-11-13(3)9-15(17)5)18-12-14(4)10-16(18)6;1-2-5-9-7-3-6-8(9)4-1;;;;/h7-12H,1-2H2,3-6H3;1-7H;2*1H;;/q;;;;;+4/p-2. The molecule has 0 unspecified atom stereocenters. The third-order valence-corrected chi connectivity index (χ3v) is 9.71. The second-order valence-electron chi connectivity index (χ2n) is 7.76. The molecular weight excluding hydrogens is 617 g/mol. The molecule has 4 aliphatic rings. The van der Waals surface area contributed by atoms with Crippen molar-refractivity contribution >= 4 is 25.1 Å². The van der Waals surface area contributed by atoms with Gasteiger partial charge in [0.2, 0.25) is 0 Å². The molecule has 0 N–H and O–H groups in total. The largest absolute Gasteiger partial charge is 0 e. The molecule has 0 aliphatic heterocycles. The summed E-state index contributed by atoms with van der Waals surface area (Å²) < 4.78 is 0.